The summed E-state index contributed by atoms with van der Waals surface area (Å²) in [5, 5.41) is 0. The van der Waals surface area contributed by atoms with E-state index in [-0.39, 0.29) is 12.3 Å². The molecule has 1 fully saturated rings. The van der Waals surface area contributed by atoms with Gasteiger partial charge in [-0.25, -0.2) is 0 Å². The molecule has 1 atom stereocenters. The third kappa shape index (κ3) is 7.02. The predicted molar refractivity (Wildman–Crippen MR) is 93.9 cm³/mol. The van der Waals surface area contributed by atoms with Gasteiger partial charge in [0.15, 0.2) is 6.29 Å². The van der Waals surface area contributed by atoms with Gasteiger partial charge in [-0.15, -0.1) is 0 Å². The Morgan fingerprint density at radius 3 is 2.67 bits per heavy atom. The number of benzene rings is 1. The fourth-order valence-corrected chi connectivity index (χ4v) is 2.83. The number of rotatable bonds is 10. The van der Waals surface area contributed by atoms with Crippen LogP contribution in [0, 0.1) is 0 Å². The van der Waals surface area contributed by atoms with Crippen LogP contribution in [-0.2, 0) is 31.8 Å². The molecule has 1 aliphatic heterocycles. The molecule has 0 bridgehead atoms. The van der Waals surface area contributed by atoms with Crippen molar-refractivity contribution in [2.45, 2.75) is 64.6 Å². The molecule has 0 amide bonds. The van der Waals surface area contributed by atoms with Gasteiger partial charge in [-0.3, -0.25) is 4.79 Å². The molecule has 0 spiro atoms. The van der Waals surface area contributed by atoms with Crippen molar-refractivity contribution < 1.29 is 19.0 Å². The molecule has 1 aliphatic rings. The van der Waals surface area contributed by atoms with Crippen molar-refractivity contribution in [3.05, 3.63) is 35.4 Å². The first-order valence-corrected chi connectivity index (χ1v) is 9.25. The Labute approximate surface area is 145 Å². The minimum Gasteiger partial charge on any atom is -0.466 e. The van der Waals surface area contributed by atoms with Crippen LogP contribution in [0.1, 0.15) is 56.6 Å². The van der Waals surface area contributed by atoms with Crippen molar-refractivity contribution in [1.82, 2.24) is 0 Å². The third-order valence-corrected chi connectivity index (χ3v) is 4.29. The zero-order valence-electron chi connectivity index (χ0n) is 14.8. The maximum Gasteiger partial charge on any atom is 0.306 e. The zero-order valence-corrected chi connectivity index (χ0v) is 14.8. The van der Waals surface area contributed by atoms with E-state index in [1.807, 2.05) is 12.1 Å². The van der Waals surface area contributed by atoms with Crippen LogP contribution in [0.4, 0.5) is 0 Å². The Hall–Kier alpha value is -1.39. The van der Waals surface area contributed by atoms with Gasteiger partial charge in [-0.05, 0) is 49.7 Å². The molecule has 24 heavy (non-hydrogen) atoms. The fraction of sp³-hybridized carbons (Fsp3) is 0.650. The van der Waals surface area contributed by atoms with Crippen molar-refractivity contribution in [1.29, 1.82) is 0 Å². The van der Waals surface area contributed by atoms with E-state index in [2.05, 4.69) is 19.1 Å². The zero-order chi connectivity index (χ0) is 17.0. The summed E-state index contributed by atoms with van der Waals surface area (Å²) >= 11 is 0. The topological polar surface area (TPSA) is 44.8 Å². The third-order valence-electron chi connectivity index (χ3n) is 4.29. The van der Waals surface area contributed by atoms with Gasteiger partial charge in [-0.2, -0.15) is 0 Å². The highest BCUT2D eigenvalue weighted by molar-refractivity contribution is 5.69. The monoisotopic (exact) mass is 334 g/mol. The molecular formula is C20H30O4. The minimum atomic E-state index is -0.106. The first kappa shape index (κ1) is 18.9. The number of esters is 1. The van der Waals surface area contributed by atoms with E-state index in [4.69, 9.17) is 14.2 Å². The lowest BCUT2D eigenvalue weighted by Crippen LogP contribution is -2.23. The summed E-state index contributed by atoms with van der Waals surface area (Å²) in [5.74, 6) is -0.106. The Balaban J connectivity index is 1.73. The van der Waals surface area contributed by atoms with E-state index < -0.39 is 0 Å². The molecule has 134 valence electrons. The molecule has 1 aromatic carbocycles. The maximum absolute atomic E-state index is 11.8. The molecule has 0 aliphatic carbocycles. The van der Waals surface area contributed by atoms with Gasteiger partial charge in [0, 0.05) is 13.0 Å². The lowest BCUT2D eigenvalue weighted by Gasteiger charge is -2.22. The summed E-state index contributed by atoms with van der Waals surface area (Å²) in [6.07, 6.45) is 7.25. The van der Waals surface area contributed by atoms with Crippen LogP contribution in [0.25, 0.3) is 0 Å². The van der Waals surface area contributed by atoms with Gasteiger partial charge in [0.2, 0.25) is 0 Å². The summed E-state index contributed by atoms with van der Waals surface area (Å²) < 4.78 is 16.6. The number of carbonyl (C=O) groups excluding carboxylic acids is 1. The summed E-state index contributed by atoms with van der Waals surface area (Å²) in [5.41, 5.74) is 2.45. The summed E-state index contributed by atoms with van der Waals surface area (Å²) in [4.78, 5) is 11.8. The second kappa shape index (κ2) is 11.2. The Bertz CT molecular complexity index is 480. The molecule has 4 nitrogen and oxygen atoms in total. The molecular weight excluding hydrogens is 304 g/mol. The molecule has 1 heterocycles. The van der Waals surface area contributed by atoms with Crippen molar-refractivity contribution in [3.63, 3.8) is 0 Å². The fourth-order valence-electron chi connectivity index (χ4n) is 2.83. The van der Waals surface area contributed by atoms with Gasteiger partial charge < -0.3 is 14.2 Å². The van der Waals surface area contributed by atoms with E-state index in [1.54, 1.807) is 0 Å². The van der Waals surface area contributed by atoms with Gasteiger partial charge in [0.25, 0.3) is 0 Å². The maximum atomic E-state index is 11.8. The normalized spacial score (nSPS) is 17.6. The Morgan fingerprint density at radius 1 is 1.17 bits per heavy atom. The van der Waals surface area contributed by atoms with E-state index in [0.717, 1.165) is 45.1 Å². The van der Waals surface area contributed by atoms with Crippen LogP contribution >= 0.6 is 0 Å². The van der Waals surface area contributed by atoms with Crippen molar-refractivity contribution in [2.75, 3.05) is 19.8 Å². The summed E-state index contributed by atoms with van der Waals surface area (Å²) in [6.45, 7) is 4.08. The molecule has 4 heteroatoms. The lowest BCUT2D eigenvalue weighted by molar-refractivity contribution is -0.161. The molecule has 0 saturated carbocycles. The van der Waals surface area contributed by atoms with Crippen molar-refractivity contribution in [3.8, 4) is 0 Å². The van der Waals surface area contributed by atoms with E-state index in [1.165, 1.54) is 17.5 Å². The van der Waals surface area contributed by atoms with Gasteiger partial charge in [0.1, 0.15) is 0 Å². The van der Waals surface area contributed by atoms with E-state index in [9.17, 15) is 4.79 Å². The van der Waals surface area contributed by atoms with Crippen LogP contribution in [0.2, 0.25) is 0 Å². The van der Waals surface area contributed by atoms with Gasteiger partial charge in [-0.1, -0.05) is 37.6 Å². The number of hydrogen-bond acceptors (Lipinski definition) is 4. The number of aryl methyl sites for hydroxylation is 1. The van der Waals surface area contributed by atoms with Crippen molar-refractivity contribution in [2.24, 2.45) is 0 Å². The molecule has 2 rings (SSSR count). The van der Waals surface area contributed by atoms with E-state index in [0.29, 0.717) is 19.6 Å². The highest BCUT2D eigenvalue weighted by Gasteiger charge is 2.14. The average Bonchev–Trinajstić information content (AvgIpc) is 2.62. The van der Waals surface area contributed by atoms with Crippen LogP contribution in [-0.4, -0.2) is 32.1 Å². The number of ether oxygens (including phenoxy) is 3. The van der Waals surface area contributed by atoms with Crippen LogP contribution in [0.15, 0.2) is 24.3 Å². The highest BCUT2D eigenvalue weighted by atomic mass is 16.7. The second-order valence-electron chi connectivity index (χ2n) is 6.26. The molecule has 0 aromatic heterocycles. The number of unbranched alkanes of at least 4 members (excludes halogenated alkanes) is 1. The van der Waals surface area contributed by atoms with Gasteiger partial charge in [0.05, 0.1) is 13.2 Å². The number of hydrogen-bond donors (Lipinski definition) is 0. The first-order valence-electron chi connectivity index (χ1n) is 9.25. The Kier molecular flexibility index (Phi) is 8.85. The van der Waals surface area contributed by atoms with Crippen LogP contribution in [0.5, 0.6) is 0 Å². The summed E-state index contributed by atoms with van der Waals surface area (Å²) in [7, 11) is 0. The predicted octanol–water partition coefficient (Wildman–Crippen LogP) is 4.05. The second-order valence-corrected chi connectivity index (χ2v) is 6.26. The quantitative estimate of drug-likeness (QED) is 0.478. The molecule has 1 saturated heterocycles. The van der Waals surface area contributed by atoms with E-state index >= 15 is 0 Å². The first-order chi connectivity index (χ1) is 11.8. The lowest BCUT2D eigenvalue weighted by atomic mass is 10.0. The van der Waals surface area contributed by atoms with Crippen LogP contribution in [0.3, 0.4) is 0 Å². The molecule has 0 radical (unpaired) electrons. The minimum absolute atomic E-state index is 0.0422. The molecule has 0 N–H and O–H groups in total. The standard InChI is InChI=1S/C20H30O4/c1-2-3-14-22-19(21)12-11-17-8-4-5-9-18(17)13-16-24-20-10-6-7-15-23-20/h4-5,8-9,20H,2-3,6-7,10-16H2,1H3. The SMILES string of the molecule is CCCCOC(=O)CCc1ccccc1CCOC1CCCCO1. The molecule has 1 aromatic rings. The Morgan fingerprint density at radius 2 is 1.96 bits per heavy atom. The van der Waals surface area contributed by atoms with Crippen LogP contribution < -0.4 is 0 Å². The number of carbonyl (C=O) groups is 1. The highest BCUT2D eigenvalue weighted by Crippen LogP contribution is 2.16. The van der Waals surface area contributed by atoms with Gasteiger partial charge >= 0.3 is 5.97 Å². The van der Waals surface area contributed by atoms with Crippen molar-refractivity contribution >= 4 is 5.97 Å². The molecule has 1 unspecified atom stereocenters. The smallest absolute Gasteiger partial charge is 0.306 e. The average molecular weight is 334 g/mol. The largest absolute Gasteiger partial charge is 0.466 e. The summed E-state index contributed by atoms with van der Waals surface area (Å²) in [6, 6.07) is 8.26.